The largest absolute Gasteiger partial charge is 0.481 e. The zero-order valence-corrected chi connectivity index (χ0v) is 9.41. The lowest BCUT2D eigenvalue weighted by molar-refractivity contribution is -0.140. The summed E-state index contributed by atoms with van der Waals surface area (Å²) in [5.74, 6) is -0.412. The lowest BCUT2D eigenvalue weighted by Crippen LogP contribution is -2.44. The van der Waals surface area contributed by atoms with Gasteiger partial charge in [-0.05, 0) is 13.0 Å². The summed E-state index contributed by atoms with van der Waals surface area (Å²) in [6, 6.07) is 0.0982. The van der Waals surface area contributed by atoms with Crippen molar-refractivity contribution in [3.8, 4) is 0 Å². The van der Waals surface area contributed by atoms with Crippen LogP contribution >= 0.6 is 0 Å². The summed E-state index contributed by atoms with van der Waals surface area (Å²) in [5, 5.41) is 11.8. The van der Waals surface area contributed by atoms with Crippen LogP contribution in [0, 0.1) is 5.92 Å². The van der Waals surface area contributed by atoms with E-state index in [1.807, 2.05) is 7.05 Å². The third-order valence-electron chi connectivity index (χ3n) is 2.67. The van der Waals surface area contributed by atoms with Crippen LogP contribution in [0.5, 0.6) is 0 Å². The molecule has 0 aliphatic rings. The zero-order valence-electron chi connectivity index (χ0n) is 9.41. The summed E-state index contributed by atoms with van der Waals surface area (Å²) in [7, 11) is 3.39. The lowest BCUT2D eigenvalue weighted by atomic mass is 9.93. The summed E-state index contributed by atoms with van der Waals surface area (Å²) in [6.45, 7) is 4.18. The summed E-state index contributed by atoms with van der Waals surface area (Å²) in [5.41, 5.74) is 0. The first kappa shape index (κ1) is 13.4. The Morgan fingerprint density at radius 1 is 1.57 bits per heavy atom. The van der Waals surface area contributed by atoms with Gasteiger partial charge < -0.3 is 15.2 Å². The van der Waals surface area contributed by atoms with Crippen LogP contribution in [0.3, 0.4) is 0 Å². The van der Waals surface area contributed by atoms with Gasteiger partial charge in [-0.2, -0.15) is 0 Å². The number of methoxy groups -OCH3 is 1. The fourth-order valence-electron chi connectivity index (χ4n) is 1.62. The van der Waals surface area contributed by atoms with Crippen molar-refractivity contribution >= 4 is 5.97 Å². The molecule has 4 nitrogen and oxygen atoms in total. The van der Waals surface area contributed by atoms with Crippen LogP contribution in [0.4, 0.5) is 0 Å². The lowest BCUT2D eigenvalue weighted by Gasteiger charge is -2.29. The van der Waals surface area contributed by atoms with E-state index >= 15 is 0 Å². The molecule has 3 atom stereocenters. The molecule has 0 fully saturated rings. The molecule has 0 saturated heterocycles. The predicted octanol–water partition coefficient (Wildman–Crippen LogP) is 1.11. The molecule has 0 heterocycles. The Hall–Kier alpha value is -0.610. The first-order valence-electron chi connectivity index (χ1n) is 4.98. The van der Waals surface area contributed by atoms with Crippen LogP contribution in [0.1, 0.15) is 26.7 Å². The Balaban J connectivity index is 4.35. The Bertz CT molecular complexity index is 173. The molecule has 0 aromatic rings. The maximum atomic E-state index is 10.6. The predicted molar refractivity (Wildman–Crippen MR) is 55.4 cm³/mol. The first-order valence-corrected chi connectivity index (χ1v) is 4.98. The van der Waals surface area contributed by atoms with E-state index in [0.717, 1.165) is 6.42 Å². The Labute approximate surface area is 85.6 Å². The van der Waals surface area contributed by atoms with Gasteiger partial charge in [0.05, 0.1) is 12.5 Å². The van der Waals surface area contributed by atoms with Crippen molar-refractivity contribution in [1.29, 1.82) is 0 Å². The maximum Gasteiger partial charge on any atom is 0.306 e. The van der Waals surface area contributed by atoms with Gasteiger partial charge in [0, 0.05) is 13.2 Å². The quantitative estimate of drug-likeness (QED) is 0.650. The van der Waals surface area contributed by atoms with E-state index in [-0.39, 0.29) is 18.6 Å². The molecule has 0 aliphatic heterocycles. The van der Waals surface area contributed by atoms with Crippen LogP contribution in [0.2, 0.25) is 0 Å². The van der Waals surface area contributed by atoms with Gasteiger partial charge in [0.1, 0.15) is 0 Å². The van der Waals surface area contributed by atoms with E-state index < -0.39 is 5.97 Å². The van der Waals surface area contributed by atoms with Crippen molar-refractivity contribution in [3.05, 3.63) is 0 Å². The van der Waals surface area contributed by atoms with E-state index in [1.165, 1.54) is 0 Å². The van der Waals surface area contributed by atoms with Gasteiger partial charge in [-0.3, -0.25) is 4.79 Å². The SMILES string of the molecule is CC[C@@H](C)[C@@H](NC)[C@@H](CC(=O)O)OC. The molecule has 0 saturated carbocycles. The fraction of sp³-hybridized carbons (Fsp3) is 0.900. The monoisotopic (exact) mass is 203 g/mol. The van der Waals surface area contributed by atoms with Crippen molar-refractivity contribution in [1.82, 2.24) is 5.32 Å². The zero-order chi connectivity index (χ0) is 11.1. The standard InChI is InChI=1S/C10H21NO3/c1-5-7(2)10(11-3)8(14-4)6-9(12)13/h7-8,10-11H,5-6H2,1-4H3,(H,12,13)/t7-,8-,10-/m1/s1. The average molecular weight is 203 g/mol. The average Bonchev–Trinajstić information content (AvgIpc) is 2.16. The van der Waals surface area contributed by atoms with Crippen LogP contribution in [0.15, 0.2) is 0 Å². The Kier molecular flexibility index (Phi) is 6.49. The normalized spacial score (nSPS) is 17.4. The van der Waals surface area contributed by atoms with Crippen molar-refractivity contribution in [2.24, 2.45) is 5.92 Å². The van der Waals surface area contributed by atoms with Gasteiger partial charge in [-0.25, -0.2) is 0 Å². The molecule has 0 unspecified atom stereocenters. The summed E-state index contributed by atoms with van der Waals surface area (Å²) >= 11 is 0. The first-order chi connectivity index (χ1) is 6.56. The molecule has 0 aromatic heterocycles. The topological polar surface area (TPSA) is 58.6 Å². The molecule has 0 bridgehead atoms. The minimum absolute atomic E-state index is 0.0480. The molecular weight excluding hydrogens is 182 g/mol. The highest BCUT2D eigenvalue weighted by atomic mass is 16.5. The Morgan fingerprint density at radius 2 is 2.14 bits per heavy atom. The van der Waals surface area contributed by atoms with E-state index in [1.54, 1.807) is 7.11 Å². The van der Waals surface area contributed by atoms with Gasteiger partial charge in [0.15, 0.2) is 0 Å². The highest BCUT2D eigenvalue weighted by molar-refractivity contribution is 5.67. The van der Waals surface area contributed by atoms with E-state index in [9.17, 15) is 4.79 Å². The van der Waals surface area contributed by atoms with Crippen LogP contribution < -0.4 is 5.32 Å². The summed E-state index contributed by atoms with van der Waals surface area (Å²) in [4.78, 5) is 10.6. The van der Waals surface area contributed by atoms with Gasteiger partial charge in [-0.15, -0.1) is 0 Å². The van der Waals surface area contributed by atoms with Crippen molar-refractivity contribution in [3.63, 3.8) is 0 Å². The van der Waals surface area contributed by atoms with E-state index in [2.05, 4.69) is 19.2 Å². The van der Waals surface area contributed by atoms with Gasteiger partial charge in [0.2, 0.25) is 0 Å². The fourth-order valence-corrected chi connectivity index (χ4v) is 1.62. The molecule has 84 valence electrons. The molecule has 0 aromatic carbocycles. The second kappa shape index (κ2) is 6.79. The van der Waals surface area contributed by atoms with Crippen molar-refractivity contribution < 1.29 is 14.6 Å². The molecule has 0 amide bonds. The molecule has 0 spiro atoms. The number of carboxylic acids is 1. The number of rotatable bonds is 7. The molecule has 14 heavy (non-hydrogen) atoms. The van der Waals surface area contributed by atoms with Gasteiger partial charge in [-0.1, -0.05) is 20.3 Å². The third kappa shape index (κ3) is 4.07. The van der Waals surface area contributed by atoms with Crippen LogP contribution in [-0.2, 0) is 9.53 Å². The smallest absolute Gasteiger partial charge is 0.306 e. The van der Waals surface area contributed by atoms with Gasteiger partial charge in [0.25, 0.3) is 0 Å². The summed E-state index contributed by atoms with van der Waals surface area (Å²) in [6.07, 6.45) is 0.796. The molecule has 0 aliphatic carbocycles. The van der Waals surface area contributed by atoms with E-state index in [0.29, 0.717) is 5.92 Å². The van der Waals surface area contributed by atoms with Crippen molar-refractivity contribution in [2.45, 2.75) is 38.8 Å². The summed E-state index contributed by atoms with van der Waals surface area (Å²) < 4.78 is 5.19. The Morgan fingerprint density at radius 3 is 2.43 bits per heavy atom. The number of carbonyl (C=O) groups is 1. The molecule has 0 rings (SSSR count). The van der Waals surface area contributed by atoms with Gasteiger partial charge >= 0.3 is 5.97 Å². The molecule has 0 radical (unpaired) electrons. The number of nitrogens with one attached hydrogen (secondary N) is 1. The van der Waals surface area contributed by atoms with Crippen molar-refractivity contribution in [2.75, 3.05) is 14.2 Å². The number of likely N-dealkylation sites (N-methyl/N-ethyl adjacent to an activating group) is 1. The van der Waals surface area contributed by atoms with Crippen LogP contribution in [0.25, 0.3) is 0 Å². The highest BCUT2D eigenvalue weighted by Crippen LogP contribution is 2.15. The second-order valence-electron chi connectivity index (χ2n) is 3.57. The van der Waals surface area contributed by atoms with E-state index in [4.69, 9.17) is 9.84 Å². The molecular formula is C10H21NO3. The highest BCUT2D eigenvalue weighted by Gasteiger charge is 2.26. The molecule has 4 heteroatoms. The second-order valence-corrected chi connectivity index (χ2v) is 3.57. The third-order valence-corrected chi connectivity index (χ3v) is 2.67. The number of hydrogen-bond donors (Lipinski definition) is 2. The maximum absolute atomic E-state index is 10.6. The minimum Gasteiger partial charge on any atom is -0.481 e. The molecule has 2 N–H and O–H groups in total. The number of carboxylic acid groups (broad SMARTS) is 1. The number of hydrogen-bond acceptors (Lipinski definition) is 3. The van der Waals surface area contributed by atoms with Crippen LogP contribution in [-0.4, -0.2) is 37.4 Å². The number of aliphatic carboxylic acids is 1. The number of ether oxygens (including phenoxy) is 1. The minimum atomic E-state index is -0.819.